The molecule has 0 unspecified atom stereocenters. The Hall–Kier alpha value is -5.30. The molecule has 2 aromatic carbocycles. The first-order valence-electron chi connectivity index (χ1n) is 12.5. The minimum atomic E-state index is -0.134. The minimum Gasteiger partial charge on any atom is -0.508 e. The number of carbonyl (C=O) groups excluding carboxylic acids is 4. The van der Waals surface area contributed by atoms with Crippen LogP contribution in [0.2, 0.25) is 0 Å². The Kier molecular flexibility index (Phi) is 15.6. The second-order valence-corrected chi connectivity index (χ2v) is 8.43. The maximum atomic E-state index is 12.0. The first-order valence-corrected chi connectivity index (χ1v) is 12.5. The molecule has 4 aromatic rings. The number of nitrogens with zero attached hydrogens (tertiary/aromatic N) is 3. The summed E-state index contributed by atoms with van der Waals surface area (Å²) < 4.78 is 10.1. The van der Waals surface area contributed by atoms with Crippen molar-refractivity contribution in [1.82, 2.24) is 19.9 Å². The van der Waals surface area contributed by atoms with Crippen LogP contribution in [0.3, 0.4) is 0 Å². The molecule has 13 heteroatoms. The third-order valence-electron chi connectivity index (χ3n) is 5.45. The van der Waals surface area contributed by atoms with E-state index in [9.17, 15) is 14.4 Å². The molecule has 42 heavy (non-hydrogen) atoms. The van der Waals surface area contributed by atoms with Gasteiger partial charge in [0.15, 0.2) is 12.6 Å². The molecule has 0 radical (unpaired) electrons. The first-order chi connectivity index (χ1) is 20.2. The zero-order chi connectivity index (χ0) is 31.5. The van der Waals surface area contributed by atoms with Gasteiger partial charge in [-0.3, -0.25) is 14.4 Å². The summed E-state index contributed by atoms with van der Waals surface area (Å²) in [7, 11) is 3.06. The van der Waals surface area contributed by atoms with E-state index in [-0.39, 0.29) is 24.9 Å². The summed E-state index contributed by atoms with van der Waals surface area (Å²) in [6, 6.07) is 12.8. The smallest absolute Gasteiger partial charge is 0.295 e. The number of nitrogens with one attached hydrogen (secondary N) is 2. The molecule has 2 amide bonds. The van der Waals surface area contributed by atoms with E-state index in [4.69, 9.17) is 9.90 Å². The molecular formula is C29H36N6O7. The summed E-state index contributed by atoms with van der Waals surface area (Å²) >= 11 is 0. The Balaban J connectivity index is 0.000000382. The lowest BCUT2D eigenvalue weighted by atomic mass is 10.1. The zero-order valence-electron chi connectivity index (χ0n) is 24.2. The predicted octanol–water partition coefficient (Wildman–Crippen LogP) is 2.76. The lowest BCUT2D eigenvalue weighted by Crippen LogP contribution is -2.17. The van der Waals surface area contributed by atoms with Gasteiger partial charge in [0.1, 0.15) is 23.9 Å². The Morgan fingerprint density at radius 3 is 2.31 bits per heavy atom. The normalized spacial score (nSPS) is 9.45. The molecular weight excluding hydrogens is 544 g/mol. The summed E-state index contributed by atoms with van der Waals surface area (Å²) in [4.78, 5) is 44.2. The van der Waals surface area contributed by atoms with Crippen LogP contribution in [0.15, 0.2) is 55.0 Å². The third-order valence-corrected chi connectivity index (χ3v) is 5.45. The molecule has 4 rings (SSSR count). The SMILES string of the molecule is CNC(=O)c1cn2ncnc(Nc3cc(C)ccc3C)c2c1C.COCOC=O.NC=O.O=CCc1ccc(O)cc1. The van der Waals surface area contributed by atoms with Crippen LogP contribution < -0.4 is 16.4 Å². The topological polar surface area (TPSA) is 187 Å². The van der Waals surface area contributed by atoms with Gasteiger partial charge in [-0.25, -0.2) is 9.50 Å². The van der Waals surface area contributed by atoms with Crippen molar-refractivity contribution in [1.29, 1.82) is 0 Å². The fourth-order valence-corrected chi connectivity index (χ4v) is 3.44. The number of phenols is 1. The van der Waals surface area contributed by atoms with Crippen molar-refractivity contribution in [2.24, 2.45) is 5.73 Å². The monoisotopic (exact) mass is 580 g/mol. The van der Waals surface area contributed by atoms with E-state index in [1.807, 2.05) is 20.8 Å². The number of aromatic nitrogens is 3. The molecule has 0 atom stereocenters. The summed E-state index contributed by atoms with van der Waals surface area (Å²) in [6.07, 6.45) is 4.71. The largest absolute Gasteiger partial charge is 0.508 e. The van der Waals surface area contributed by atoms with E-state index in [0.717, 1.165) is 34.2 Å². The molecule has 0 fully saturated rings. The maximum Gasteiger partial charge on any atom is 0.295 e. The van der Waals surface area contributed by atoms with Crippen molar-refractivity contribution in [3.63, 3.8) is 0 Å². The number of hydrogen-bond donors (Lipinski definition) is 4. The lowest BCUT2D eigenvalue weighted by molar-refractivity contribution is -0.138. The van der Waals surface area contributed by atoms with Gasteiger partial charge in [-0.1, -0.05) is 24.3 Å². The number of aryl methyl sites for hydroxylation is 3. The number of fused-ring (bicyclic) bond motifs is 1. The van der Waals surface area contributed by atoms with Gasteiger partial charge in [-0.15, -0.1) is 0 Å². The molecule has 2 aromatic heterocycles. The third kappa shape index (κ3) is 11.1. The summed E-state index contributed by atoms with van der Waals surface area (Å²) in [5.74, 6) is 0.779. The number of benzene rings is 2. The van der Waals surface area contributed by atoms with Gasteiger partial charge in [-0.2, -0.15) is 5.10 Å². The Labute approximate surface area is 243 Å². The quantitative estimate of drug-likeness (QED) is 0.137. The molecule has 13 nitrogen and oxygen atoms in total. The van der Waals surface area contributed by atoms with Crippen LogP contribution >= 0.6 is 0 Å². The highest BCUT2D eigenvalue weighted by molar-refractivity contribution is 5.99. The summed E-state index contributed by atoms with van der Waals surface area (Å²) in [6.45, 7) is 6.37. The fraction of sp³-hybridized carbons (Fsp3) is 0.241. The number of phenolic OH excluding ortho intramolecular Hbond substituents is 1. The average Bonchev–Trinajstić information content (AvgIpc) is 3.33. The number of primary amides is 1. The average molecular weight is 581 g/mol. The van der Waals surface area contributed by atoms with Crippen LogP contribution in [0.5, 0.6) is 5.75 Å². The van der Waals surface area contributed by atoms with Crippen molar-refractivity contribution in [3.8, 4) is 5.75 Å². The summed E-state index contributed by atoms with van der Waals surface area (Å²) in [5, 5.41) is 19.1. The van der Waals surface area contributed by atoms with Crippen LogP contribution in [0.25, 0.3) is 5.52 Å². The van der Waals surface area contributed by atoms with Crippen LogP contribution in [0.1, 0.15) is 32.6 Å². The van der Waals surface area contributed by atoms with E-state index >= 15 is 0 Å². The van der Waals surface area contributed by atoms with Crippen LogP contribution in [0.4, 0.5) is 11.5 Å². The van der Waals surface area contributed by atoms with Crippen molar-refractivity contribution < 1.29 is 33.8 Å². The van der Waals surface area contributed by atoms with Gasteiger partial charge in [-0.05, 0) is 61.2 Å². The molecule has 5 N–H and O–H groups in total. The standard InChI is InChI=1S/C17H19N5O.C8H8O2.C3H6O3.CH3NO/c1-10-5-6-11(2)14(7-10)21-16-15-12(3)13(17(23)18-4)8-22(15)20-9-19-16;9-6-5-7-1-3-8(10)4-2-7;1-5-3-6-2-4;2-1-3/h5-9H,1-4H3,(H,18,23)(H,19,20,21);1-4,6,10H,5H2;2H,3H2,1H3;1H,(H2,2,3). The maximum absolute atomic E-state index is 12.0. The van der Waals surface area contributed by atoms with Crippen LogP contribution in [-0.4, -0.2) is 65.7 Å². The number of aromatic hydroxyl groups is 1. The highest BCUT2D eigenvalue weighted by atomic mass is 16.7. The molecule has 0 saturated carbocycles. The van der Waals surface area contributed by atoms with Crippen molar-refractivity contribution in [2.45, 2.75) is 27.2 Å². The van der Waals surface area contributed by atoms with Gasteiger partial charge in [0.25, 0.3) is 12.4 Å². The van der Waals surface area contributed by atoms with E-state index < -0.39 is 0 Å². The van der Waals surface area contributed by atoms with Gasteiger partial charge < -0.3 is 35.7 Å². The number of amides is 2. The molecule has 0 aliphatic carbocycles. The minimum absolute atomic E-state index is 0.0451. The van der Waals surface area contributed by atoms with Gasteiger partial charge in [0.2, 0.25) is 6.41 Å². The van der Waals surface area contributed by atoms with E-state index in [1.165, 1.54) is 19.0 Å². The lowest BCUT2D eigenvalue weighted by Gasteiger charge is -2.11. The van der Waals surface area contributed by atoms with Gasteiger partial charge in [0, 0.05) is 32.5 Å². The molecule has 2 heterocycles. The fourth-order valence-electron chi connectivity index (χ4n) is 3.44. The Morgan fingerprint density at radius 2 is 1.76 bits per heavy atom. The number of nitrogens with two attached hydrogens (primary N) is 1. The second-order valence-electron chi connectivity index (χ2n) is 8.43. The Morgan fingerprint density at radius 1 is 1.10 bits per heavy atom. The van der Waals surface area contributed by atoms with Crippen LogP contribution in [0, 0.1) is 20.8 Å². The molecule has 0 saturated heterocycles. The molecule has 0 bridgehead atoms. The molecule has 224 valence electrons. The molecule has 0 aliphatic rings. The Bertz CT molecular complexity index is 1440. The highest BCUT2D eigenvalue weighted by Gasteiger charge is 2.17. The number of methoxy groups -OCH3 is 1. The van der Waals surface area contributed by atoms with Gasteiger partial charge >= 0.3 is 0 Å². The highest BCUT2D eigenvalue weighted by Crippen LogP contribution is 2.27. The number of aldehydes is 1. The number of anilines is 2. The molecule has 0 spiro atoms. The summed E-state index contributed by atoms with van der Waals surface area (Å²) in [5.41, 5.74) is 10.6. The number of carbonyl (C=O) groups is 4. The zero-order valence-corrected chi connectivity index (χ0v) is 24.2. The van der Waals surface area contributed by atoms with Crippen molar-refractivity contribution in [3.05, 3.63) is 82.8 Å². The van der Waals surface area contributed by atoms with E-state index in [1.54, 1.807) is 42.0 Å². The van der Waals surface area contributed by atoms with Gasteiger partial charge in [0.05, 0.1) is 5.56 Å². The number of ether oxygens (including phenoxy) is 2. The molecule has 0 aliphatic heterocycles. The number of hydrogen-bond acceptors (Lipinski definition) is 10. The van der Waals surface area contributed by atoms with E-state index in [0.29, 0.717) is 24.3 Å². The van der Waals surface area contributed by atoms with Crippen LogP contribution in [-0.2, 0) is 30.3 Å². The van der Waals surface area contributed by atoms with Crippen molar-refractivity contribution in [2.75, 3.05) is 26.3 Å². The number of rotatable bonds is 8. The van der Waals surface area contributed by atoms with Crippen molar-refractivity contribution >= 4 is 42.1 Å². The second kappa shape index (κ2) is 18.9. The predicted molar refractivity (Wildman–Crippen MR) is 157 cm³/mol. The first kappa shape index (κ1) is 34.7. The van der Waals surface area contributed by atoms with E-state index in [2.05, 4.69) is 54.1 Å².